The Morgan fingerprint density at radius 1 is 1.15 bits per heavy atom. The number of carbonyl (C=O) groups excluding carboxylic acids is 1. The van der Waals surface area contributed by atoms with E-state index in [1.807, 2.05) is 31.2 Å². The first-order valence-corrected chi connectivity index (χ1v) is 8.86. The van der Waals surface area contributed by atoms with Crippen LogP contribution in [0.25, 0.3) is 5.69 Å². The molecule has 0 saturated carbocycles. The fourth-order valence-electron chi connectivity index (χ4n) is 1.99. The van der Waals surface area contributed by atoms with Crippen molar-refractivity contribution < 1.29 is 4.79 Å². The zero-order chi connectivity index (χ0) is 18.5. The highest BCUT2D eigenvalue weighted by atomic mass is 35.5. The Hall–Kier alpha value is -2.71. The molecule has 1 aromatic heterocycles. The number of ketones is 1. The Morgan fingerprint density at radius 2 is 1.85 bits per heavy atom. The molecule has 0 atom stereocenters. The summed E-state index contributed by atoms with van der Waals surface area (Å²) in [6, 6.07) is 14.8. The minimum Gasteiger partial charge on any atom is -0.292 e. The molecule has 0 aliphatic heterocycles. The highest BCUT2D eigenvalue weighted by Crippen LogP contribution is 2.21. The van der Waals surface area contributed by atoms with Gasteiger partial charge in [0.05, 0.1) is 11.4 Å². The Kier molecular flexibility index (Phi) is 5.65. The van der Waals surface area contributed by atoms with Gasteiger partial charge < -0.3 is 0 Å². The number of tetrazole rings is 1. The third-order valence-electron chi connectivity index (χ3n) is 3.34. The van der Waals surface area contributed by atoms with Crippen LogP contribution in [0.4, 0.5) is 5.69 Å². The first-order chi connectivity index (χ1) is 12.5. The topological polar surface area (TPSA) is 85.1 Å². The van der Waals surface area contributed by atoms with Crippen LogP contribution >= 0.6 is 23.4 Å². The number of benzene rings is 2. The van der Waals surface area contributed by atoms with Crippen molar-refractivity contribution in [3.63, 3.8) is 0 Å². The molecule has 9 heteroatoms. The van der Waals surface area contributed by atoms with E-state index in [1.54, 1.807) is 28.9 Å². The minimum absolute atomic E-state index is 0.199. The molecule has 1 N–H and O–H groups in total. The van der Waals surface area contributed by atoms with Crippen molar-refractivity contribution in [2.24, 2.45) is 5.10 Å². The number of aromatic nitrogens is 4. The van der Waals surface area contributed by atoms with Gasteiger partial charge in [0.15, 0.2) is 10.8 Å². The second-order valence-electron chi connectivity index (χ2n) is 5.40. The molecule has 0 aliphatic carbocycles. The molecule has 26 heavy (non-hydrogen) atoms. The number of halogens is 1. The van der Waals surface area contributed by atoms with Gasteiger partial charge in [0.25, 0.3) is 0 Å². The number of anilines is 1. The molecule has 7 nitrogen and oxygen atoms in total. The SMILES string of the molecule is CC(=O)/C(=N\Nc1ccc(Cl)cc1)Sc1nnnn1-c1ccc(C)cc1. The van der Waals surface area contributed by atoms with E-state index in [4.69, 9.17) is 11.6 Å². The number of rotatable bonds is 5. The number of nitrogens with one attached hydrogen (secondary N) is 1. The van der Waals surface area contributed by atoms with E-state index in [9.17, 15) is 4.79 Å². The van der Waals surface area contributed by atoms with Gasteiger partial charge in [-0.2, -0.15) is 9.78 Å². The molecule has 0 aliphatic rings. The summed E-state index contributed by atoms with van der Waals surface area (Å²) in [5.41, 5.74) is 5.49. The second kappa shape index (κ2) is 8.11. The first kappa shape index (κ1) is 18.1. The molecule has 132 valence electrons. The Balaban J connectivity index is 1.82. The van der Waals surface area contributed by atoms with Crippen LogP contribution in [0.5, 0.6) is 0 Å². The van der Waals surface area contributed by atoms with E-state index < -0.39 is 0 Å². The van der Waals surface area contributed by atoms with E-state index in [2.05, 4.69) is 26.1 Å². The van der Waals surface area contributed by atoms with E-state index in [0.29, 0.717) is 15.9 Å². The zero-order valence-electron chi connectivity index (χ0n) is 14.0. The number of thioether (sulfide) groups is 1. The summed E-state index contributed by atoms with van der Waals surface area (Å²) in [6.45, 7) is 3.44. The molecule has 3 aromatic rings. The fourth-order valence-corrected chi connectivity index (χ4v) is 2.83. The molecule has 0 bridgehead atoms. The Morgan fingerprint density at radius 3 is 2.50 bits per heavy atom. The molecule has 0 unspecified atom stereocenters. The largest absolute Gasteiger partial charge is 0.292 e. The van der Waals surface area contributed by atoms with E-state index >= 15 is 0 Å². The van der Waals surface area contributed by atoms with Crippen LogP contribution in [0.2, 0.25) is 5.02 Å². The summed E-state index contributed by atoms with van der Waals surface area (Å²) in [6.07, 6.45) is 0. The fraction of sp³-hybridized carbons (Fsp3) is 0.118. The molecule has 0 amide bonds. The Labute approximate surface area is 159 Å². The van der Waals surface area contributed by atoms with Crippen LogP contribution in [0.15, 0.2) is 58.8 Å². The van der Waals surface area contributed by atoms with Gasteiger partial charge in [0, 0.05) is 11.9 Å². The molecule has 0 radical (unpaired) electrons. The smallest absolute Gasteiger partial charge is 0.220 e. The molecular weight excluding hydrogens is 372 g/mol. The number of Topliss-reactive ketones (excluding diaryl/α,β-unsaturated/α-hetero) is 1. The zero-order valence-corrected chi connectivity index (χ0v) is 15.6. The molecule has 2 aromatic carbocycles. The highest BCUT2D eigenvalue weighted by molar-refractivity contribution is 8.15. The average Bonchev–Trinajstić information content (AvgIpc) is 3.08. The predicted octanol–water partition coefficient (Wildman–Crippen LogP) is 3.73. The number of nitrogens with zero attached hydrogens (tertiary/aromatic N) is 5. The van der Waals surface area contributed by atoms with Crippen molar-refractivity contribution >= 4 is 39.9 Å². The van der Waals surface area contributed by atoms with Crippen LogP contribution in [-0.4, -0.2) is 31.0 Å². The van der Waals surface area contributed by atoms with Gasteiger partial charge in [-0.3, -0.25) is 10.2 Å². The van der Waals surface area contributed by atoms with E-state index in [1.165, 1.54) is 6.92 Å². The van der Waals surface area contributed by atoms with Crippen molar-refractivity contribution in [1.82, 2.24) is 20.2 Å². The minimum atomic E-state index is -0.199. The summed E-state index contributed by atoms with van der Waals surface area (Å²) in [4.78, 5) is 11.9. The molecule has 0 saturated heterocycles. The number of aryl methyl sites for hydroxylation is 1. The molecular formula is C17H15ClN6OS. The summed E-state index contributed by atoms with van der Waals surface area (Å²) in [5.74, 6) is -0.199. The second-order valence-corrected chi connectivity index (χ2v) is 6.80. The van der Waals surface area contributed by atoms with E-state index in [0.717, 1.165) is 23.0 Å². The number of carbonyl (C=O) groups is 1. The summed E-state index contributed by atoms with van der Waals surface area (Å²) in [7, 11) is 0. The third-order valence-corrected chi connectivity index (χ3v) is 4.60. The quantitative estimate of drug-likeness (QED) is 0.311. The maximum Gasteiger partial charge on any atom is 0.220 e. The molecule has 0 spiro atoms. The average molecular weight is 387 g/mol. The summed E-state index contributed by atoms with van der Waals surface area (Å²) >= 11 is 6.95. The van der Waals surface area contributed by atoms with Crippen molar-refractivity contribution in [2.45, 2.75) is 19.0 Å². The predicted molar refractivity (Wildman–Crippen MR) is 103 cm³/mol. The lowest BCUT2D eigenvalue weighted by atomic mass is 10.2. The van der Waals surface area contributed by atoms with Crippen LogP contribution in [-0.2, 0) is 4.79 Å². The number of hydrazone groups is 1. The van der Waals surface area contributed by atoms with Crippen LogP contribution in [0, 0.1) is 6.92 Å². The number of hydrogen-bond donors (Lipinski definition) is 1. The van der Waals surface area contributed by atoms with Crippen molar-refractivity contribution in [2.75, 3.05) is 5.43 Å². The summed E-state index contributed by atoms with van der Waals surface area (Å²) < 4.78 is 1.56. The lowest BCUT2D eigenvalue weighted by molar-refractivity contribution is -0.110. The van der Waals surface area contributed by atoms with Gasteiger partial charge in [0.2, 0.25) is 5.16 Å². The highest BCUT2D eigenvalue weighted by Gasteiger charge is 2.16. The molecule has 1 heterocycles. The third kappa shape index (κ3) is 4.47. The van der Waals surface area contributed by atoms with Gasteiger partial charge >= 0.3 is 0 Å². The lowest BCUT2D eigenvalue weighted by Crippen LogP contribution is -2.10. The van der Waals surface area contributed by atoms with Crippen molar-refractivity contribution in [3.8, 4) is 5.69 Å². The summed E-state index contributed by atoms with van der Waals surface area (Å²) in [5, 5.41) is 17.2. The monoisotopic (exact) mass is 386 g/mol. The molecule has 3 rings (SSSR count). The van der Waals surface area contributed by atoms with Gasteiger partial charge in [-0.15, -0.1) is 5.10 Å². The molecule has 0 fully saturated rings. The maximum absolute atomic E-state index is 11.9. The first-order valence-electron chi connectivity index (χ1n) is 7.66. The van der Waals surface area contributed by atoms with Crippen molar-refractivity contribution in [1.29, 1.82) is 0 Å². The van der Waals surface area contributed by atoms with Gasteiger partial charge in [0.1, 0.15) is 0 Å². The number of hydrogen-bond acceptors (Lipinski definition) is 7. The van der Waals surface area contributed by atoms with Crippen LogP contribution in [0.3, 0.4) is 0 Å². The van der Waals surface area contributed by atoms with Gasteiger partial charge in [-0.05, 0) is 65.5 Å². The van der Waals surface area contributed by atoms with Gasteiger partial charge in [-0.1, -0.05) is 29.3 Å². The Bertz CT molecular complexity index is 937. The van der Waals surface area contributed by atoms with Crippen molar-refractivity contribution in [3.05, 3.63) is 59.1 Å². The maximum atomic E-state index is 11.9. The van der Waals surface area contributed by atoms with E-state index in [-0.39, 0.29) is 10.8 Å². The standard InChI is InChI=1S/C17H15ClN6OS/c1-11-3-9-15(10-4-11)24-17(21-22-23-24)26-16(12(2)25)20-19-14-7-5-13(18)6-8-14/h3-10,19H,1-2H3/b20-16+. The van der Waals surface area contributed by atoms with Gasteiger partial charge in [-0.25, -0.2) is 0 Å². The van der Waals surface area contributed by atoms with Crippen LogP contribution in [0.1, 0.15) is 12.5 Å². The van der Waals surface area contributed by atoms with Crippen LogP contribution < -0.4 is 5.43 Å². The lowest BCUT2D eigenvalue weighted by Gasteiger charge is -2.06. The normalized spacial score (nSPS) is 11.4.